The van der Waals surface area contributed by atoms with Crippen LogP contribution in [-0.2, 0) is 17.1 Å². The third-order valence-corrected chi connectivity index (χ3v) is 6.59. The van der Waals surface area contributed by atoms with E-state index >= 15 is 0 Å². The highest BCUT2D eigenvalue weighted by atomic mass is 35.5. The van der Waals surface area contributed by atoms with Crippen LogP contribution >= 0.6 is 11.6 Å². The molecule has 0 spiro atoms. The van der Waals surface area contributed by atoms with Crippen LogP contribution in [0.1, 0.15) is 37.4 Å². The van der Waals surface area contributed by atoms with E-state index in [0.717, 1.165) is 31.4 Å². The summed E-state index contributed by atoms with van der Waals surface area (Å²) in [6.45, 7) is 0.409. The summed E-state index contributed by atoms with van der Waals surface area (Å²) in [5, 5.41) is 4.60. The van der Waals surface area contributed by atoms with Crippen LogP contribution in [0.15, 0.2) is 35.4 Å². The molecular formula is C16H19ClFN3O2S. The topological polar surface area (TPSA) is 55.2 Å². The van der Waals surface area contributed by atoms with Crippen LogP contribution in [0.4, 0.5) is 4.39 Å². The standard InChI is InChI=1S/C16H19ClFN3O2S/c1-20-16(14(17)11-19-20)15-5-3-2-4-10-21(15)24(22,23)13-8-6-12(18)7-9-13/h6-9,11,15H,2-5,10H2,1H3. The maximum absolute atomic E-state index is 13.2. The average Bonchev–Trinajstić information content (AvgIpc) is 2.76. The second-order valence-electron chi connectivity index (χ2n) is 5.94. The van der Waals surface area contributed by atoms with E-state index in [2.05, 4.69) is 5.10 Å². The first-order valence-electron chi connectivity index (χ1n) is 7.86. The molecule has 3 rings (SSSR count). The van der Waals surface area contributed by atoms with Gasteiger partial charge in [0.25, 0.3) is 0 Å². The van der Waals surface area contributed by atoms with Crippen molar-refractivity contribution in [2.45, 2.75) is 36.6 Å². The van der Waals surface area contributed by atoms with Gasteiger partial charge in [0.05, 0.1) is 27.9 Å². The second kappa shape index (κ2) is 6.82. The van der Waals surface area contributed by atoms with E-state index in [1.807, 2.05) is 0 Å². The first-order valence-corrected chi connectivity index (χ1v) is 9.68. The normalized spacial score (nSPS) is 20.0. The number of aryl methyl sites for hydroxylation is 1. The van der Waals surface area contributed by atoms with Gasteiger partial charge in [-0.2, -0.15) is 9.40 Å². The van der Waals surface area contributed by atoms with Crippen molar-refractivity contribution in [3.63, 3.8) is 0 Å². The zero-order valence-corrected chi connectivity index (χ0v) is 14.9. The van der Waals surface area contributed by atoms with E-state index in [9.17, 15) is 12.8 Å². The molecule has 2 heterocycles. The van der Waals surface area contributed by atoms with Crippen LogP contribution in [0.2, 0.25) is 5.02 Å². The smallest absolute Gasteiger partial charge is 0.243 e. The van der Waals surface area contributed by atoms with Crippen LogP contribution in [-0.4, -0.2) is 29.0 Å². The lowest BCUT2D eigenvalue weighted by molar-refractivity contribution is 0.315. The van der Waals surface area contributed by atoms with Crippen LogP contribution in [0.25, 0.3) is 0 Å². The minimum absolute atomic E-state index is 0.0918. The molecule has 0 amide bonds. The van der Waals surface area contributed by atoms with Gasteiger partial charge in [0.2, 0.25) is 10.0 Å². The largest absolute Gasteiger partial charge is 0.269 e. The van der Waals surface area contributed by atoms with Crippen LogP contribution in [0.5, 0.6) is 0 Å². The molecule has 1 saturated heterocycles. The Morgan fingerprint density at radius 1 is 1.21 bits per heavy atom. The quantitative estimate of drug-likeness (QED) is 0.829. The van der Waals surface area contributed by atoms with E-state index in [1.165, 1.54) is 22.6 Å². The maximum atomic E-state index is 13.2. The predicted octanol–water partition coefficient (Wildman–Crippen LogP) is 3.52. The molecule has 0 saturated carbocycles. The molecule has 1 aliphatic heterocycles. The lowest BCUT2D eigenvalue weighted by Crippen LogP contribution is -2.35. The number of rotatable bonds is 3. The molecule has 2 aromatic rings. The minimum atomic E-state index is -3.74. The molecule has 1 aromatic carbocycles. The van der Waals surface area contributed by atoms with E-state index in [4.69, 9.17) is 11.6 Å². The third kappa shape index (κ3) is 3.20. The first kappa shape index (κ1) is 17.4. The maximum Gasteiger partial charge on any atom is 0.243 e. The summed E-state index contributed by atoms with van der Waals surface area (Å²) >= 11 is 6.26. The molecule has 130 valence electrons. The Balaban J connectivity index is 2.06. The molecule has 1 aliphatic rings. The van der Waals surface area contributed by atoms with Crippen LogP contribution in [0, 0.1) is 5.82 Å². The molecular weight excluding hydrogens is 353 g/mol. The molecule has 0 bridgehead atoms. The van der Waals surface area contributed by atoms with E-state index in [-0.39, 0.29) is 10.9 Å². The second-order valence-corrected chi connectivity index (χ2v) is 8.23. The Labute approximate surface area is 146 Å². The van der Waals surface area contributed by atoms with Gasteiger partial charge in [-0.15, -0.1) is 0 Å². The van der Waals surface area contributed by atoms with Crippen LogP contribution in [0.3, 0.4) is 0 Å². The van der Waals surface area contributed by atoms with Crippen molar-refractivity contribution in [1.82, 2.24) is 14.1 Å². The van der Waals surface area contributed by atoms with Gasteiger partial charge < -0.3 is 0 Å². The van der Waals surface area contributed by atoms with Gasteiger partial charge in [-0.3, -0.25) is 4.68 Å². The van der Waals surface area contributed by atoms with Crippen molar-refractivity contribution in [1.29, 1.82) is 0 Å². The van der Waals surface area contributed by atoms with Gasteiger partial charge in [0.1, 0.15) is 5.82 Å². The number of aromatic nitrogens is 2. The molecule has 24 heavy (non-hydrogen) atoms. The molecule has 1 fully saturated rings. The van der Waals surface area contributed by atoms with Gasteiger partial charge >= 0.3 is 0 Å². The fourth-order valence-electron chi connectivity index (χ4n) is 3.18. The van der Waals surface area contributed by atoms with Crippen molar-refractivity contribution in [2.24, 2.45) is 7.05 Å². The van der Waals surface area contributed by atoms with Gasteiger partial charge in [-0.1, -0.05) is 24.4 Å². The summed E-state index contributed by atoms with van der Waals surface area (Å²) in [5.41, 5.74) is 0.698. The highest BCUT2D eigenvalue weighted by Gasteiger charge is 2.36. The molecule has 0 radical (unpaired) electrons. The Hall–Kier alpha value is -1.44. The number of halogens is 2. The van der Waals surface area contributed by atoms with Gasteiger partial charge in [-0.25, -0.2) is 12.8 Å². The number of hydrogen-bond acceptors (Lipinski definition) is 3. The summed E-state index contributed by atoms with van der Waals surface area (Å²) < 4.78 is 42.5. The monoisotopic (exact) mass is 371 g/mol. The highest BCUT2D eigenvalue weighted by Crippen LogP contribution is 2.37. The predicted molar refractivity (Wildman–Crippen MR) is 89.7 cm³/mol. The van der Waals surface area contributed by atoms with Gasteiger partial charge in [-0.05, 0) is 37.1 Å². The highest BCUT2D eigenvalue weighted by molar-refractivity contribution is 7.89. The Morgan fingerprint density at radius 3 is 2.54 bits per heavy atom. The molecule has 0 N–H and O–H groups in total. The SMILES string of the molecule is Cn1ncc(Cl)c1C1CCCCCN1S(=O)(=O)c1ccc(F)cc1. The lowest BCUT2D eigenvalue weighted by Gasteiger charge is -2.29. The Morgan fingerprint density at radius 2 is 1.92 bits per heavy atom. The summed E-state index contributed by atoms with van der Waals surface area (Å²) in [4.78, 5) is 0.0918. The lowest BCUT2D eigenvalue weighted by atomic mass is 10.1. The Bertz CT molecular complexity index is 801. The van der Waals surface area contributed by atoms with Crippen molar-refractivity contribution >= 4 is 21.6 Å². The molecule has 1 aromatic heterocycles. The van der Waals surface area contributed by atoms with Crippen LogP contribution < -0.4 is 0 Å². The third-order valence-electron chi connectivity index (χ3n) is 4.38. The molecule has 0 aliphatic carbocycles. The number of benzene rings is 1. The number of hydrogen-bond donors (Lipinski definition) is 0. The fraction of sp³-hybridized carbons (Fsp3) is 0.438. The summed E-state index contributed by atoms with van der Waals surface area (Å²) in [6.07, 6.45) is 4.87. The molecule has 5 nitrogen and oxygen atoms in total. The summed E-state index contributed by atoms with van der Waals surface area (Å²) in [7, 11) is -1.99. The van der Waals surface area contributed by atoms with E-state index in [0.29, 0.717) is 23.7 Å². The Kier molecular flexibility index (Phi) is 4.94. The minimum Gasteiger partial charge on any atom is -0.269 e. The first-order chi connectivity index (χ1) is 11.4. The number of sulfonamides is 1. The van der Waals surface area contributed by atoms with Crippen molar-refractivity contribution in [3.8, 4) is 0 Å². The van der Waals surface area contributed by atoms with Gasteiger partial charge in [0.15, 0.2) is 0 Å². The molecule has 8 heteroatoms. The van der Waals surface area contributed by atoms with E-state index < -0.39 is 15.8 Å². The van der Waals surface area contributed by atoms with Crippen molar-refractivity contribution in [3.05, 3.63) is 47.0 Å². The molecule has 1 unspecified atom stereocenters. The average molecular weight is 372 g/mol. The van der Waals surface area contributed by atoms with Gasteiger partial charge in [0, 0.05) is 13.6 Å². The summed E-state index contributed by atoms with van der Waals surface area (Å²) in [6, 6.07) is 4.56. The molecule has 1 atom stereocenters. The summed E-state index contributed by atoms with van der Waals surface area (Å²) in [5.74, 6) is -0.462. The zero-order chi connectivity index (χ0) is 17.3. The van der Waals surface area contributed by atoms with Crippen molar-refractivity contribution in [2.75, 3.05) is 6.54 Å². The fourth-order valence-corrected chi connectivity index (χ4v) is 5.13. The van der Waals surface area contributed by atoms with Crippen molar-refractivity contribution < 1.29 is 12.8 Å². The van der Waals surface area contributed by atoms with E-state index in [1.54, 1.807) is 11.7 Å². The zero-order valence-electron chi connectivity index (χ0n) is 13.3. The number of nitrogens with zero attached hydrogens (tertiary/aromatic N) is 3.